The van der Waals surface area contributed by atoms with Gasteiger partial charge in [-0.05, 0) is 31.5 Å². The van der Waals surface area contributed by atoms with Gasteiger partial charge >= 0.3 is 0 Å². The van der Waals surface area contributed by atoms with Gasteiger partial charge in [-0.25, -0.2) is 4.39 Å². The van der Waals surface area contributed by atoms with Gasteiger partial charge in [0, 0.05) is 19.3 Å². The number of aromatic nitrogens is 2. The molecule has 1 aromatic heterocycles. The van der Waals surface area contributed by atoms with Crippen LogP contribution < -0.4 is 10.6 Å². The topological polar surface area (TPSA) is 76.1 Å². The summed E-state index contributed by atoms with van der Waals surface area (Å²) < 4.78 is 19.2. The average molecular weight is 370 g/mol. The molecule has 1 aromatic carbocycles. The van der Waals surface area contributed by atoms with E-state index in [-0.39, 0.29) is 17.0 Å². The van der Waals surface area contributed by atoms with Crippen LogP contribution in [0.3, 0.4) is 0 Å². The molecule has 9 heteroatoms. The number of rotatable bonds is 8. The molecule has 0 saturated heterocycles. The van der Waals surface area contributed by atoms with Crippen LogP contribution in [-0.4, -0.2) is 41.6 Å². The third kappa shape index (κ3) is 5.43. The van der Waals surface area contributed by atoms with Gasteiger partial charge in [-0.1, -0.05) is 29.2 Å². The molecule has 24 heavy (non-hydrogen) atoms. The summed E-state index contributed by atoms with van der Waals surface area (Å²) in [6.45, 7) is 4.66. The van der Waals surface area contributed by atoms with Crippen LogP contribution in [0, 0.1) is 12.7 Å². The predicted octanol–water partition coefficient (Wildman–Crippen LogP) is 3.16. The van der Waals surface area contributed by atoms with Crippen molar-refractivity contribution >= 4 is 39.8 Å². The molecule has 2 N–H and O–H groups in total. The lowest BCUT2D eigenvalue weighted by molar-refractivity contribution is -0.115. The summed E-state index contributed by atoms with van der Waals surface area (Å²) in [4.78, 5) is 12.2. The number of ether oxygens (including phenoxy) is 1. The summed E-state index contributed by atoms with van der Waals surface area (Å²) in [6.07, 6.45) is 0. The number of hydrogen-bond donors (Lipinski definition) is 2. The van der Waals surface area contributed by atoms with Gasteiger partial charge in [0.05, 0.1) is 11.9 Å². The van der Waals surface area contributed by atoms with E-state index in [9.17, 15) is 9.18 Å². The Labute approximate surface area is 148 Å². The summed E-state index contributed by atoms with van der Waals surface area (Å²) in [6, 6.07) is 4.62. The van der Waals surface area contributed by atoms with E-state index in [1.807, 2.05) is 0 Å². The molecule has 0 saturated carbocycles. The number of hydrogen-bond acceptors (Lipinski definition) is 7. The van der Waals surface area contributed by atoms with E-state index in [2.05, 4.69) is 20.8 Å². The van der Waals surface area contributed by atoms with Crippen molar-refractivity contribution in [2.24, 2.45) is 0 Å². The van der Waals surface area contributed by atoms with Crippen molar-refractivity contribution in [3.63, 3.8) is 0 Å². The van der Waals surface area contributed by atoms with E-state index in [0.717, 1.165) is 0 Å². The highest BCUT2D eigenvalue weighted by Crippen LogP contribution is 2.29. The van der Waals surface area contributed by atoms with Gasteiger partial charge in [0.1, 0.15) is 5.82 Å². The molecule has 2 rings (SSSR count). The SMILES string of the molecule is COCCNc1nnc(S[C@H](C)C(=O)Nc2ccc(C)c(F)c2)s1. The Bertz CT molecular complexity index is 696. The molecule has 0 aliphatic rings. The Morgan fingerprint density at radius 1 is 1.46 bits per heavy atom. The highest BCUT2D eigenvalue weighted by molar-refractivity contribution is 8.02. The van der Waals surface area contributed by atoms with Crippen LogP contribution in [0.4, 0.5) is 15.2 Å². The fourth-order valence-corrected chi connectivity index (χ4v) is 3.63. The molecule has 0 fully saturated rings. The fraction of sp³-hybridized carbons (Fsp3) is 0.400. The number of benzene rings is 1. The number of nitrogens with one attached hydrogen (secondary N) is 2. The van der Waals surface area contributed by atoms with Crippen LogP contribution in [0.15, 0.2) is 22.5 Å². The Hall–Kier alpha value is -1.71. The minimum absolute atomic E-state index is 0.215. The zero-order valence-corrected chi connectivity index (χ0v) is 15.3. The maximum Gasteiger partial charge on any atom is 0.237 e. The van der Waals surface area contributed by atoms with E-state index in [0.29, 0.717) is 33.9 Å². The number of carbonyl (C=O) groups excluding carboxylic acids is 1. The van der Waals surface area contributed by atoms with Crippen molar-refractivity contribution in [2.75, 3.05) is 30.9 Å². The van der Waals surface area contributed by atoms with Crippen molar-refractivity contribution < 1.29 is 13.9 Å². The second-order valence-electron chi connectivity index (χ2n) is 5.01. The lowest BCUT2D eigenvalue weighted by atomic mass is 10.2. The maximum absolute atomic E-state index is 13.5. The molecule has 0 spiro atoms. The smallest absolute Gasteiger partial charge is 0.237 e. The third-order valence-electron chi connectivity index (χ3n) is 3.08. The van der Waals surface area contributed by atoms with Crippen LogP contribution in [0.5, 0.6) is 0 Å². The van der Waals surface area contributed by atoms with Crippen LogP contribution in [0.2, 0.25) is 0 Å². The largest absolute Gasteiger partial charge is 0.383 e. The number of halogens is 1. The average Bonchev–Trinajstić information content (AvgIpc) is 2.98. The highest BCUT2D eigenvalue weighted by Gasteiger charge is 2.17. The molecule has 0 radical (unpaired) electrons. The molecule has 0 bridgehead atoms. The lowest BCUT2D eigenvalue weighted by Gasteiger charge is -2.10. The Balaban J connectivity index is 1.88. The number of aryl methyl sites for hydroxylation is 1. The molecule has 1 heterocycles. The Morgan fingerprint density at radius 3 is 2.96 bits per heavy atom. The van der Waals surface area contributed by atoms with Gasteiger partial charge < -0.3 is 15.4 Å². The van der Waals surface area contributed by atoms with Gasteiger partial charge in [-0.15, -0.1) is 10.2 Å². The molecule has 1 amide bonds. The van der Waals surface area contributed by atoms with E-state index in [1.54, 1.807) is 33.1 Å². The van der Waals surface area contributed by atoms with Crippen LogP contribution in [0.25, 0.3) is 0 Å². The number of anilines is 2. The standard InChI is InChI=1S/C15H19FN4O2S2/c1-9-4-5-11(8-12(9)16)18-13(21)10(2)23-15-20-19-14(24-15)17-6-7-22-3/h4-5,8,10H,6-7H2,1-3H3,(H,17,19)(H,18,21)/t10-/m1/s1. The number of amides is 1. The van der Waals surface area contributed by atoms with Crippen molar-refractivity contribution in [3.8, 4) is 0 Å². The third-order valence-corrected chi connectivity index (χ3v) is 5.14. The van der Waals surface area contributed by atoms with E-state index in [4.69, 9.17) is 4.74 Å². The Kier molecular flexibility index (Phi) is 6.95. The maximum atomic E-state index is 13.5. The van der Waals surface area contributed by atoms with Crippen molar-refractivity contribution in [3.05, 3.63) is 29.6 Å². The molecule has 2 aromatic rings. The fourth-order valence-electron chi connectivity index (χ4n) is 1.71. The molecule has 1 atom stereocenters. The van der Waals surface area contributed by atoms with E-state index in [1.165, 1.54) is 29.2 Å². The summed E-state index contributed by atoms with van der Waals surface area (Å²) in [5.41, 5.74) is 0.979. The molecule has 0 unspecified atom stereocenters. The minimum Gasteiger partial charge on any atom is -0.383 e. The zero-order chi connectivity index (χ0) is 17.5. The Morgan fingerprint density at radius 2 is 2.25 bits per heavy atom. The minimum atomic E-state index is -0.380. The van der Waals surface area contributed by atoms with Crippen LogP contribution >= 0.6 is 23.1 Å². The molecule has 6 nitrogen and oxygen atoms in total. The molecule has 0 aliphatic carbocycles. The monoisotopic (exact) mass is 370 g/mol. The van der Waals surface area contributed by atoms with Crippen LogP contribution in [-0.2, 0) is 9.53 Å². The number of nitrogens with zero attached hydrogens (tertiary/aromatic N) is 2. The molecular weight excluding hydrogens is 351 g/mol. The zero-order valence-electron chi connectivity index (χ0n) is 13.6. The molecule has 0 aliphatic heterocycles. The number of methoxy groups -OCH3 is 1. The summed E-state index contributed by atoms with van der Waals surface area (Å²) >= 11 is 2.68. The van der Waals surface area contributed by atoms with Gasteiger partial charge in [-0.2, -0.15) is 0 Å². The van der Waals surface area contributed by atoms with E-state index < -0.39 is 0 Å². The normalized spacial score (nSPS) is 12.0. The van der Waals surface area contributed by atoms with E-state index >= 15 is 0 Å². The molecule has 130 valence electrons. The predicted molar refractivity (Wildman–Crippen MR) is 95.4 cm³/mol. The van der Waals surface area contributed by atoms with Gasteiger partial charge in [-0.3, -0.25) is 4.79 Å². The second kappa shape index (κ2) is 8.95. The van der Waals surface area contributed by atoms with Crippen LogP contribution in [0.1, 0.15) is 12.5 Å². The van der Waals surface area contributed by atoms with Gasteiger partial charge in [0.2, 0.25) is 11.0 Å². The first-order chi connectivity index (χ1) is 11.5. The first kappa shape index (κ1) is 18.6. The second-order valence-corrected chi connectivity index (χ2v) is 7.57. The van der Waals surface area contributed by atoms with Crippen molar-refractivity contribution in [1.29, 1.82) is 0 Å². The van der Waals surface area contributed by atoms with Gasteiger partial charge in [0.15, 0.2) is 4.34 Å². The quantitative estimate of drug-likeness (QED) is 0.549. The summed E-state index contributed by atoms with van der Waals surface area (Å²) in [5, 5.41) is 14.1. The lowest BCUT2D eigenvalue weighted by Crippen LogP contribution is -2.22. The molecular formula is C15H19FN4O2S2. The first-order valence-corrected chi connectivity index (χ1v) is 8.99. The first-order valence-electron chi connectivity index (χ1n) is 7.29. The number of thioether (sulfide) groups is 1. The summed E-state index contributed by atoms with van der Waals surface area (Å²) in [5.74, 6) is -0.559. The highest BCUT2D eigenvalue weighted by atomic mass is 32.2. The van der Waals surface area contributed by atoms with Crippen molar-refractivity contribution in [2.45, 2.75) is 23.4 Å². The number of carbonyl (C=O) groups is 1. The van der Waals surface area contributed by atoms with Crippen molar-refractivity contribution in [1.82, 2.24) is 10.2 Å². The summed E-state index contributed by atoms with van der Waals surface area (Å²) in [7, 11) is 1.63. The van der Waals surface area contributed by atoms with Gasteiger partial charge in [0.25, 0.3) is 0 Å².